The zero-order valence-corrected chi connectivity index (χ0v) is 32.8. The Labute approximate surface area is 320 Å². The van der Waals surface area contributed by atoms with Gasteiger partial charge >= 0.3 is 0 Å². The molecule has 0 aromatic heterocycles. The van der Waals surface area contributed by atoms with Gasteiger partial charge in [0.25, 0.3) is 0 Å². The van der Waals surface area contributed by atoms with Gasteiger partial charge in [-0.3, -0.25) is 14.9 Å². The van der Waals surface area contributed by atoms with Crippen LogP contribution in [-0.2, 0) is 23.8 Å². The molecule has 4 aliphatic carbocycles. The predicted octanol–water partition coefficient (Wildman–Crippen LogP) is 1.67. The number of rotatable bonds is 8. The van der Waals surface area contributed by atoms with Gasteiger partial charge in [-0.1, -0.05) is 19.8 Å². The number of allylic oxidation sites excluding steroid dienone is 1. The molecule has 7 bridgehead atoms. The molecule has 9 aliphatic rings. The van der Waals surface area contributed by atoms with Crippen LogP contribution >= 0.6 is 0 Å². The van der Waals surface area contributed by atoms with E-state index in [1.807, 2.05) is 18.9 Å². The summed E-state index contributed by atoms with van der Waals surface area (Å²) in [7, 11) is 3.55. The highest BCUT2D eigenvalue weighted by molar-refractivity contribution is 5.95. The van der Waals surface area contributed by atoms with Gasteiger partial charge in [-0.25, -0.2) is 0 Å². The molecule has 0 aromatic carbocycles. The van der Waals surface area contributed by atoms with Gasteiger partial charge in [0.1, 0.15) is 18.4 Å². The molecule has 0 radical (unpaired) electrons. The van der Waals surface area contributed by atoms with Crippen LogP contribution < -0.4 is 10.6 Å². The minimum absolute atomic E-state index is 0.00319. The fourth-order valence-corrected chi connectivity index (χ4v) is 13.1. The number of piperidine rings is 1. The summed E-state index contributed by atoms with van der Waals surface area (Å²) in [5.74, 6) is 5.94. The number of carbonyl (C=O) groups is 2. The monoisotopic (exact) mass is 753 g/mol. The lowest BCUT2D eigenvalue weighted by atomic mass is 9.39. The van der Waals surface area contributed by atoms with E-state index in [1.54, 1.807) is 20.1 Å². The second kappa shape index (κ2) is 13.9. The molecule has 1 amide bonds. The van der Waals surface area contributed by atoms with Gasteiger partial charge in [0, 0.05) is 44.6 Å². The quantitative estimate of drug-likeness (QED) is 0.121. The second-order valence-corrected chi connectivity index (χ2v) is 18.8. The lowest BCUT2D eigenvalue weighted by Gasteiger charge is -2.64. The number of hydrogen-bond acceptors (Lipinski definition) is 11. The maximum atomic E-state index is 14.4. The van der Waals surface area contributed by atoms with E-state index in [-0.39, 0.29) is 41.6 Å². The second-order valence-electron chi connectivity index (χ2n) is 18.8. The summed E-state index contributed by atoms with van der Waals surface area (Å²) in [6.07, 6.45) is 4.18. The van der Waals surface area contributed by atoms with Gasteiger partial charge in [-0.2, -0.15) is 0 Å². The molecule has 16 atom stereocenters. The molecule has 5 aliphatic heterocycles. The van der Waals surface area contributed by atoms with Gasteiger partial charge in [0.05, 0.1) is 40.9 Å². The van der Waals surface area contributed by atoms with Crippen molar-refractivity contribution in [3.05, 3.63) is 11.6 Å². The van der Waals surface area contributed by atoms with Crippen LogP contribution in [0.25, 0.3) is 0 Å². The van der Waals surface area contributed by atoms with Crippen molar-refractivity contribution in [2.45, 2.75) is 145 Å². The number of ketones is 1. The first-order valence-electron chi connectivity index (χ1n) is 20.7. The van der Waals surface area contributed by atoms with Crippen molar-refractivity contribution in [3.8, 4) is 11.8 Å². The molecule has 5 heterocycles. The predicted molar refractivity (Wildman–Crippen MR) is 198 cm³/mol. The number of ether oxygens (including phenoxy) is 3. The van der Waals surface area contributed by atoms with Crippen molar-refractivity contribution in [2.75, 3.05) is 40.5 Å². The number of amides is 1. The standard InChI is InChI=1S/C42H63N3O9/c1-38-13-9-25(53-19-7-18-52-5)20-28(38)30(46)22-32-41(38)12-6-8-24-23-45(24)37(49)29-21-27-26(11-17-43-4)33(54-34(27)36(48)44-29)35(47)40(3,50)31-10-14-42(32,51)39(31,2)15-16-41/h22,24-29,31,33-36,43-44,47-48,50-51H,7-11,13-21,23H2,1-5H3. The number of methoxy groups -OCH3 is 1. The Bertz CT molecular complexity index is 1590. The van der Waals surface area contributed by atoms with Crippen molar-refractivity contribution in [3.63, 3.8) is 0 Å². The highest BCUT2D eigenvalue weighted by Gasteiger charge is 2.74. The first-order valence-corrected chi connectivity index (χ1v) is 20.7. The molecule has 12 heteroatoms. The Morgan fingerprint density at radius 1 is 1.04 bits per heavy atom. The van der Waals surface area contributed by atoms with Crippen LogP contribution in [0, 0.1) is 51.8 Å². The summed E-state index contributed by atoms with van der Waals surface area (Å²) >= 11 is 0. The molecule has 6 fully saturated rings. The summed E-state index contributed by atoms with van der Waals surface area (Å²) < 4.78 is 18.0. The third kappa shape index (κ3) is 5.65. The summed E-state index contributed by atoms with van der Waals surface area (Å²) in [5, 5.41) is 56.0. The van der Waals surface area contributed by atoms with Crippen LogP contribution in [0.15, 0.2) is 11.6 Å². The number of aliphatic hydroxyl groups is 4. The SMILES string of the molecule is CNCCC1C2CC3NC(O)C2OC1C(O)C(C)(O)C1CCC2(O)C4=CC(=O)C5CC(OCCCOC)CCC5(C)C4(C#CCC4CN4C3=O)CCC12C. The zero-order valence-electron chi connectivity index (χ0n) is 32.8. The number of aliphatic hydroxyl groups excluding tert-OH is 2. The molecule has 300 valence electrons. The van der Waals surface area contributed by atoms with E-state index in [1.165, 1.54) is 0 Å². The van der Waals surface area contributed by atoms with Gasteiger partial charge in [-0.05, 0) is 120 Å². The van der Waals surface area contributed by atoms with Crippen molar-refractivity contribution in [1.82, 2.24) is 15.5 Å². The highest BCUT2D eigenvalue weighted by atomic mass is 16.5. The number of hydrogen-bond donors (Lipinski definition) is 6. The van der Waals surface area contributed by atoms with E-state index < -0.39 is 63.9 Å². The van der Waals surface area contributed by atoms with Gasteiger partial charge in [-0.15, -0.1) is 5.92 Å². The van der Waals surface area contributed by atoms with Gasteiger partial charge < -0.3 is 44.9 Å². The molecule has 3 saturated carbocycles. The molecular weight excluding hydrogens is 690 g/mol. The zero-order chi connectivity index (χ0) is 38.4. The lowest BCUT2D eigenvalue weighted by Crippen LogP contribution is -2.66. The molecule has 54 heavy (non-hydrogen) atoms. The lowest BCUT2D eigenvalue weighted by molar-refractivity contribution is -0.205. The van der Waals surface area contributed by atoms with Crippen LogP contribution in [0.3, 0.4) is 0 Å². The molecule has 12 nitrogen and oxygen atoms in total. The molecule has 3 saturated heterocycles. The molecule has 16 unspecified atom stereocenters. The number of fused-ring (bicyclic) bond motifs is 4. The Kier molecular flexibility index (Phi) is 10.0. The molecule has 0 aromatic rings. The van der Waals surface area contributed by atoms with Crippen LogP contribution in [0.1, 0.15) is 91.4 Å². The van der Waals surface area contributed by atoms with E-state index in [0.717, 1.165) is 19.3 Å². The van der Waals surface area contributed by atoms with Crippen molar-refractivity contribution in [2.24, 2.45) is 39.9 Å². The van der Waals surface area contributed by atoms with Crippen molar-refractivity contribution < 1.29 is 44.2 Å². The van der Waals surface area contributed by atoms with E-state index in [4.69, 9.17) is 14.2 Å². The van der Waals surface area contributed by atoms with Crippen LogP contribution in [0.2, 0.25) is 0 Å². The molecule has 9 rings (SSSR count). The normalized spacial score (nSPS) is 50.7. The third-order valence-corrected chi connectivity index (χ3v) is 16.3. The van der Waals surface area contributed by atoms with Gasteiger partial charge in [0.2, 0.25) is 5.91 Å². The summed E-state index contributed by atoms with van der Waals surface area (Å²) in [5.41, 5.74) is -4.68. The maximum Gasteiger partial charge on any atom is 0.240 e. The summed E-state index contributed by atoms with van der Waals surface area (Å²) in [6, 6.07) is -0.647. The fourth-order valence-electron chi connectivity index (χ4n) is 13.1. The Hall–Kier alpha value is -1.92. The largest absolute Gasteiger partial charge is 0.387 e. The Balaban J connectivity index is 1.20. The van der Waals surface area contributed by atoms with E-state index in [9.17, 15) is 30.0 Å². The van der Waals surface area contributed by atoms with Crippen molar-refractivity contribution >= 4 is 11.7 Å². The number of nitrogens with one attached hydrogen (secondary N) is 2. The smallest absolute Gasteiger partial charge is 0.240 e. The van der Waals surface area contributed by atoms with Crippen LogP contribution in [-0.4, -0.2) is 131 Å². The fraction of sp³-hybridized carbons (Fsp3) is 0.857. The van der Waals surface area contributed by atoms with Crippen molar-refractivity contribution in [1.29, 1.82) is 0 Å². The minimum atomic E-state index is -1.68. The average molecular weight is 754 g/mol. The van der Waals surface area contributed by atoms with Crippen LogP contribution in [0.5, 0.6) is 0 Å². The maximum absolute atomic E-state index is 14.4. The number of nitrogens with zero attached hydrogens (tertiary/aromatic N) is 1. The average Bonchev–Trinajstić information content (AvgIpc) is 3.72. The summed E-state index contributed by atoms with van der Waals surface area (Å²) in [6.45, 7) is 8.32. The first-order chi connectivity index (χ1) is 25.7. The molecule has 6 N–H and O–H groups in total. The molecular formula is C42H63N3O9. The third-order valence-electron chi connectivity index (χ3n) is 16.3. The highest BCUT2D eigenvalue weighted by Crippen LogP contribution is 2.73. The van der Waals surface area contributed by atoms with Crippen LogP contribution in [0.4, 0.5) is 0 Å². The minimum Gasteiger partial charge on any atom is -0.387 e. The topological polar surface area (TPSA) is 170 Å². The first kappa shape index (κ1) is 38.9. The van der Waals surface area contributed by atoms with E-state index >= 15 is 0 Å². The molecule has 1 spiro atoms. The Morgan fingerprint density at radius 3 is 2.59 bits per heavy atom. The van der Waals surface area contributed by atoms with E-state index in [0.29, 0.717) is 83.2 Å². The van der Waals surface area contributed by atoms with E-state index in [2.05, 4.69) is 29.4 Å². The number of carbonyl (C=O) groups excluding carboxylic acids is 2. The summed E-state index contributed by atoms with van der Waals surface area (Å²) in [4.78, 5) is 30.2. The Morgan fingerprint density at radius 2 is 1.83 bits per heavy atom. The van der Waals surface area contributed by atoms with Gasteiger partial charge in [0.15, 0.2) is 5.78 Å².